The summed E-state index contributed by atoms with van der Waals surface area (Å²) >= 11 is 0.739. The third kappa shape index (κ3) is 6.87. The van der Waals surface area contributed by atoms with Crippen LogP contribution in [0, 0.1) is 0 Å². The van der Waals surface area contributed by atoms with E-state index in [0.29, 0.717) is 30.1 Å². The van der Waals surface area contributed by atoms with Crippen molar-refractivity contribution in [2.75, 3.05) is 39.6 Å². The number of carbonyl (C=O) groups excluding carboxylic acids is 3. The first-order chi connectivity index (χ1) is 19.7. The van der Waals surface area contributed by atoms with E-state index in [4.69, 9.17) is 25.7 Å². The number of methoxy groups -OCH3 is 2. The molecule has 0 saturated carbocycles. The summed E-state index contributed by atoms with van der Waals surface area (Å²) in [6.07, 6.45) is 1.94. The van der Waals surface area contributed by atoms with Crippen LogP contribution in [0.15, 0.2) is 42.5 Å². The van der Waals surface area contributed by atoms with E-state index in [1.807, 2.05) is 6.07 Å². The van der Waals surface area contributed by atoms with Gasteiger partial charge >= 0.3 is 0 Å². The second-order valence-corrected chi connectivity index (χ2v) is 10.2. The topological polar surface area (TPSA) is 179 Å². The SMILES string of the molecule is COc1ccc(CCN(C(=O)c2snc(C(N)=O)c2N)C(C(=O)NCC2CCCO2)c2ccc(O)cc2)cc1OC. The Kier molecular flexibility index (Phi) is 9.63. The quantitative estimate of drug-likeness (QED) is 0.249. The van der Waals surface area contributed by atoms with Crippen molar-refractivity contribution in [3.05, 3.63) is 64.2 Å². The molecule has 3 amide bonds. The molecule has 1 saturated heterocycles. The summed E-state index contributed by atoms with van der Waals surface area (Å²) in [7, 11) is 3.06. The number of ether oxygens (including phenoxy) is 3. The lowest BCUT2D eigenvalue weighted by Crippen LogP contribution is -2.46. The fourth-order valence-corrected chi connectivity index (χ4v) is 5.40. The van der Waals surface area contributed by atoms with E-state index in [1.54, 1.807) is 24.3 Å². The number of benzene rings is 2. The fraction of sp³-hybridized carbons (Fsp3) is 0.357. The van der Waals surface area contributed by atoms with Crippen LogP contribution in [0.25, 0.3) is 0 Å². The second kappa shape index (κ2) is 13.3. The zero-order valence-corrected chi connectivity index (χ0v) is 23.6. The van der Waals surface area contributed by atoms with Crippen molar-refractivity contribution in [1.29, 1.82) is 0 Å². The summed E-state index contributed by atoms with van der Waals surface area (Å²) in [5.41, 5.74) is 12.4. The van der Waals surface area contributed by atoms with Crippen LogP contribution in [0.3, 0.4) is 0 Å². The van der Waals surface area contributed by atoms with E-state index in [0.717, 1.165) is 29.9 Å². The van der Waals surface area contributed by atoms with Crippen LogP contribution < -0.4 is 26.3 Å². The summed E-state index contributed by atoms with van der Waals surface area (Å²) < 4.78 is 20.4. The second-order valence-electron chi connectivity index (χ2n) is 9.45. The van der Waals surface area contributed by atoms with Gasteiger partial charge in [-0.15, -0.1) is 0 Å². The average molecular weight is 584 g/mol. The first-order valence-electron chi connectivity index (χ1n) is 13.0. The predicted octanol–water partition coefficient (Wildman–Crippen LogP) is 2.27. The third-order valence-electron chi connectivity index (χ3n) is 6.80. The number of nitrogens with one attached hydrogen (secondary N) is 1. The molecule has 218 valence electrons. The largest absolute Gasteiger partial charge is 0.508 e. The Morgan fingerprint density at radius 2 is 1.90 bits per heavy atom. The number of anilines is 1. The number of phenolic OH excluding ortho intramolecular Hbond substituents is 1. The van der Waals surface area contributed by atoms with Gasteiger partial charge in [0.25, 0.3) is 11.8 Å². The number of aromatic nitrogens is 1. The van der Waals surface area contributed by atoms with E-state index in [9.17, 15) is 19.5 Å². The number of rotatable bonds is 12. The Hall–Kier alpha value is -4.36. The molecule has 4 rings (SSSR count). The number of primary amides is 1. The van der Waals surface area contributed by atoms with Gasteiger partial charge in [-0.25, -0.2) is 0 Å². The van der Waals surface area contributed by atoms with Crippen LogP contribution >= 0.6 is 11.5 Å². The predicted molar refractivity (Wildman–Crippen MR) is 152 cm³/mol. The summed E-state index contributed by atoms with van der Waals surface area (Å²) in [4.78, 5) is 41.0. The van der Waals surface area contributed by atoms with Crippen molar-refractivity contribution < 1.29 is 33.7 Å². The highest BCUT2D eigenvalue weighted by molar-refractivity contribution is 7.09. The van der Waals surface area contributed by atoms with Gasteiger partial charge in [0.05, 0.1) is 26.0 Å². The van der Waals surface area contributed by atoms with Gasteiger partial charge < -0.3 is 41.0 Å². The summed E-state index contributed by atoms with van der Waals surface area (Å²) in [6, 6.07) is 10.3. The monoisotopic (exact) mass is 583 g/mol. The molecule has 12 nitrogen and oxygen atoms in total. The van der Waals surface area contributed by atoms with Crippen molar-refractivity contribution in [3.63, 3.8) is 0 Å². The van der Waals surface area contributed by atoms with Gasteiger partial charge in [0, 0.05) is 19.7 Å². The molecule has 0 bridgehead atoms. The molecule has 1 aromatic heterocycles. The summed E-state index contributed by atoms with van der Waals surface area (Å²) in [6.45, 7) is 0.987. The van der Waals surface area contributed by atoms with Gasteiger partial charge in [0.2, 0.25) is 5.91 Å². The van der Waals surface area contributed by atoms with Gasteiger partial charge in [-0.1, -0.05) is 18.2 Å². The van der Waals surface area contributed by atoms with E-state index in [-0.39, 0.29) is 41.2 Å². The van der Waals surface area contributed by atoms with Crippen molar-refractivity contribution in [1.82, 2.24) is 14.6 Å². The molecule has 2 heterocycles. The molecule has 3 aromatic rings. The number of nitrogens with zero attached hydrogens (tertiary/aromatic N) is 2. The maximum absolute atomic E-state index is 14.1. The molecular formula is C28H33N5O7S. The van der Waals surface area contributed by atoms with E-state index < -0.39 is 23.8 Å². The highest BCUT2D eigenvalue weighted by Gasteiger charge is 2.35. The Morgan fingerprint density at radius 3 is 2.51 bits per heavy atom. The summed E-state index contributed by atoms with van der Waals surface area (Å²) in [5.74, 6) is -0.822. The number of hydrogen-bond donors (Lipinski definition) is 4. The van der Waals surface area contributed by atoms with Gasteiger partial charge in [0.1, 0.15) is 16.7 Å². The Labute approximate surface area is 241 Å². The molecule has 2 atom stereocenters. The smallest absolute Gasteiger partial charge is 0.270 e. The molecule has 0 radical (unpaired) electrons. The van der Waals surface area contributed by atoms with Crippen LogP contribution in [0.4, 0.5) is 5.69 Å². The zero-order chi connectivity index (χ0) is 29.5. The van der Waals surface area contributed by atoms with E-state index in [2.05, 4.69) is 9.69 Å². The average Bonchev–Trinajstić information content (AvgIpc) is 3.64. The Bertz CT molecular complexity index is 1390. The number of nitrogen functional groups attached to an aromatic ring is 1. The van der Waals surface area contributed by atoms with Gasteiger partial charge in [-0.05, 0) is 66.2 Å². The van der Waals surface area contributed by atoms with Crippen LogP contribution in [0.1, 0.15) is 50.2 Å². The molecule has 1 aliphatic rings. The minimum atomic E-state index is -1.11. The number of nitrogens with two attached hydrogens (primary N) is 2. The molecule has 1 fully saturated rings. The van der Waals surface area contributed by atoms with E-state index >= 15 is 0 Å². The molecule has 1 aliphatic heterocycles. The third-order valence-corrected chi connectivity index (χ3v) is 7.65. The maximum atomic E-state index is 14.1. The van der Waals surface area contributed by atoms with Crippen molar-refractivity contribution in [2.45, 2.75) is 31.4 Å². The first-order valence-corrected chi connectivity index (χ1v) is 13.8. The molecule has 2 aromatic carbocycles. The van der Waals surface area contributed by atoms with Crippen LogP contribution in [0.5, 0.6) is 17.2 Å². The number of amides is 3. The van der Waals surface area contributed by atoms with Crippen molar-refractivity contribution >= 4 is 34.9 Å². The van der Waals surface area contributed by atoms with Crippen molar-refractivity contribution in [3.8, 4) is 17.2 Å². The molecule has 0 aliphatic carbocycles. The number of phenols is 1. The first kappa shape index (κ1) is 29.6. The van der Waals surface area contributed by atoms with Gasteiger partial charge in [-0.3, -0.25) is 14.4 Å². The lowest BCUT2D eigenvalue weighted by atomic mass is 10.0. The molecule has 41 heavy (non-hydrogen) atoms. The minimum Gasteiger partial charge on any atom is -0.508 e. The van der Waals surface area contributed by atoms with Crippen LogP contribution in [-0.4, -0.2) is 72.1 Å². The van der Waals surface area contributed by atoms with E-state index in [1.165, 1.54) is 31.3 Å². The summed E-state index contributed by atoms with van der Waals surface area (Å²) in [5, 5.41) is 12.8. The Morgan fingerprint density at radius 1 is 1.17 bits per heavy atom. The normalized spacial score (nSPS) is 15.2. The minimum absolute atomic E-state index is 0.00766. The van der Waals surface area contributed by atoms with Crippen molar-refractivity contribution in [2.24, 2.45) is 5.73 Å². The maximum Gasteiger partial charge on any atom is 0.270 e. The Balaban J connectivity index is 1.72. The van der Waals surface area contributed by atoms with Gasteiger partial charge in [0.15, 0.2) is 17.2 Å². The van der Waals surface area contributed by atoms with Crippen LogP contribution in [-0.2, 0) is 16.0 Å². The molecule has 13 heteroatoms. The number of carbonyl (C=O) groups is 3. The molecule has 2 unspecified atom stereocenters. The fourth-order valence-electron chi connectivity index (χ4n) is 4.64. The molecule has 6 N–H and O–H groups in total. The zero-order valence-electron chi connectivity index (χ0n) is 22.8. The lowest BCUT2D eigenvalue weighted by molar-refractivity contribution is -0.126. The van der Waals surface area contributed by atoms with Crippen LogP contribution in [0.2, 0.25) is 0 Å². The highest BCUT2D eigenvalue weighted by atomic mass is 32.1. The lowest BCUT2D eigenvalue weighted by Gasteiger charge is -2.31. The molecule has 0 spiro atoms. The standard InChI is InChI=1S/C28H33N5O7S/c1-38-20-10-5-16(14-21(20)39-2)11-12-33(28(37)25-22(29)23(26(30)35)32-41-25)24(17-6-8-18(34)9-7-17)27(36)31-15-19-4-3-13-40-19/h5-10,14,19,24,34H,3-4,11-13,15,29H2,1-2H3,(H2,30,35)(H,31,36). The highest BCUT2D eigenvalue weighted by Crippen LogP contribution is 2.31. The number of hydrogen-bond acceptors (Lipinski definition) is 10. The molecular weight excluding hydrogens is 550 g/mol. The number of aromatic hydroxyl groups is 1. The van der Waals surface area contributed by atoms with Gasteiger partial charge in [-0.2, -0.15) is 4.37 Å².